The van der Waals surface area contributed by atoms with E-state index in [1.807, 2.05) is 13.2 Å². The number of anilines is 1. The van der Waals surface area contributed by atoms with Gasteiger partial charge in [0.15, 0.2) is 0 Å². The third-order valence-corrected chi connectivity index (χ3v) is 3.53. The van der Waals surface area contributed by atoms with E-state index < -0.39 is 0 Å². The molecule has 1 fully saturated rings. The molecule has 94 valence electrons. The SMILES string of the molecule is CNCc1cnc(N(C)CC2CCC2)nc1C. The molecule has 0 spiro atoms. The van der Waals surface area contributed by atoms with Crippen molar-refractivity contribution in [3.05, 3.63) is 17.5 Å². The summed E-state index contributed by atoms with van der Waals surface area (Å²) in [6, 6.07) is 0. The molecule has 1 aromatic rings. The molecule has 0 atom stereocenters. The van der Waals surface area contributed by atoms with Gasteiger partial charge in [-0.15, -0.1) is 0 Å². The van der Waals surface area contributed by atoms with Crippen LogP contribution in [0.3, 0.4) is 0 Å². The Morgan fingerprint density at radius 2 is 2.24 bits per heavy atom. The molecule has 0 aromatic carbocycles. The predicted molar refractivity (Wildman–Crippen MR) is 70.1 cm³/mol. The first kappa shape index (κ1) is 12.3. The first-order valence-corrected chi connectivity index (χ1v) is 6.39. The van der Waals surface area contributed by atoms with Crippen molar-refractivity contribution >= 4 is 5.95 Å². The molecule has 4 nitrogen and oxygen atoms in total. The van der Waals surface area contributed by atoms with Crippen LogP contribution in [0.1, 0.15) is 30.5 Å². The van der Waals surface area contributed by atoms with E-state index in [4.69, 9.17) is 0 Å². The fourth-order valence-corrected chi connectivity index (χ4v) is 2.17. The lowest BCUT2D eigenvalue weighted by Crippen LogP contribution is -2.30. The molecule has 1 aliphatic carbocycles. The lowest BCUT2D eigenvalue weighted by Gasteiger charge is -2.30. The van der Waals surface area contributed by atoms with Crippen LogP contribution in [0, 0.1) is 12.8 Å². The second kappa shape index (κ2) is 5.45. The summed E-state index contributed by atoms with van der Waals surface area (Å²) in [5, 5.41) is 3.13. The molecule has 1 saturated carbocycles. The second-order valence-corrected chi connectivity index (χ2v) is 4.99. The Kier molecular flexibility index (Phi) is 3.94. The lowest BCUT2D eigenvalue weighted by atomic mass is 9.85. The number of aromatic nitrogens is 2. The Morgan fingerprint density at radius 1 is 1.47 bits per heavy atom. The van der Waals surface area contributed by atoms with Gasteiger partial charge in [-0.1, -0.05) is 6.42 Å². The Bertz CT molecular complexity index is 374. The normalized spacial score (nSPS) is 15.7. The number of nitrogens with one attached hydrogen (secondary N) is 1. The van der Waals surface area contributed by atoms with Crippen LogP contribution in [-0.4, -0.2) is 30.6 Å². The van der Waals surface area contributed by atoms with Gasteiger partial charge in [0.1, 0.15) is 0 Å². The Balaban J connectivity index is 2.02. The maximum atomic E-state index is 4.58. The van der Waals surface area contributed by atoms with Crippen LogP contribution < -0.4 is 10.2 Å². The topological polar surface area (TPSA) is 41.1 Å². The van der Waals surface area contributed by atoms with Crippen molar-refractivity contribution in [2.24, 2.45) is 5.92 Å². The number of nitrogens with zero attached hydrogens (tertiary/aromatic N) is 3. The van der Waals surface area contributed by atoms with E-state index in [1.165, 1.54) is 24.8 Å². The second-order valence-electron chi connectivity index (χ2n) is 4.99. The molecule has 0 radical (unpaired) electrons. The first-order chi connectivity index (χ1) is 8.20. The molecule has 17 heavy (non-hydrogen) atoms. The average molecular weight is 234 g/mol. The van der Waals surface area contributed by atoms with Crippen LogP contribution in [0.4, 0.5) is 5.95 Å². The molecular formula is C13H22N4. The summed E-state index contributed by atoms with van der Waals surface area (Å²) in [6.07, 6.45) is 6.05. The molecule has 1 heterocycles. The largest absolute Gasteiger partial charge is 0.344 e. The molecule has 2 rings (SSSR count). The monoisotopic (exact) mass is 234 g/mol. The van der Waals surface area contributed by atoms with Gasteiger partial charge in [0.2, 0.25) is 5.95 Å². The molecule has 0 aliphatic heterocycles. The molecule has 0 unspecified atom stereocenters. The summed E-state index contributed by atoms with van der Waals surface area (Å²) in [7, 11) is 4.03. The fraction of sp³-hybridized carbons (Fsp3) is 0.692. The zero-order valence-corrected chi connectivity index (χ0v) is 11.0. The van der Waals surface area contributed by atoms with Crippen LogP contribution in [0.25, 0.3) is 0 Å². The van der Waals surface area contributed by atoms with Gasteiger partial charge in [-0.3, -0.25) is 0 Å². The Hall–Kier alpha value is -1.16. The van der Waals surface area contributed by atoms with E-state index in [1.54, 1.807) is 0 Å². The van der Waals surface area contributed by atoms with Gasteiger partial charge in [-0.05, 0) is 32.7 Å². The van der Waals surface area contributed by atoms with E-state index in [0.717, 1.165) is 30.6 Å². The van der Waals surface area contributed by atoms with Crippen molar-refractivity contribution in [3.8, 4) is 0 Å². The molecular weight excluding hydrogens is 212 g/mol. The zero-order valence-electron chi connectivity index (χ0n) is 11.0. The minimum atomic E-state index is 0.832. The molecule has 1 N–H and O–H groups in total. The lowest BCUT2D eigenvalue weighted by molar-refractivity contribution is 0.320. The fourth-order valence-electron chi connectivity index (χ4n) is 2.17. The summed E-state index contributed by atoms with van der Waals surface area (Å²) in [4.78, 5) is 11.2. The van der Waals surface area contributed by atoms with Gasteiger partial charge < -0.3 is 10.2 Å². The molecule has 0 bridgehead atoms. The smallest absolute Gasteiger partial charge is 0.225 e. The molecule has 0 saturated heterocycles. The van der Waals surface area contributed by atoms with Crippen molar-refractivity contribution in [2.45, 2.75) is 32.7 Å². The van der Waals surface area contributed by atoms with Crippen molar-refractivity contribution in [1.82, 2.24) is 15.3 Å². The summed E-state index contributed by atoms with van der Waals surface area (Å²) >= 11 is 0. The highest BCUT2D eigenvalue weighted by Crippen LogP contribution is 2.27. The highest BCUT2D eigenvalue weighted by Gasteiger charge is 2.20. The number of hydrogen-bond donors (Lipinski definition) is 1. The average Bonchev–Trinajstić information content (AvgIpc) is 2.26. The van der Waals surface area contributed by atoms with Crippen LogP contribution in [0.15, 0.2) is 6.20 Å². The predicted octanol–water partition coefficient (Wildman–Crippen LogP) is 1.74. The number of aryl methyl sites for hydroxylation is 1. The first-order valence-electron chi connectivity index (χ1n) is 6.39. The third kappa shape index (κ3) is 2.94. The summed E-state index contributed by atoms with van der Waals surface area (Å²) in [5.74, 6) is 1.70. The van der Waals surface area contributed by atoms with Crippen molar-refractivity contribution in [1.29, 1.82) is 0 Å². The van der Waals surface area contributed by atoms with E-state index in [9.17, 15) is 0 Å². The maximum Gasteiger partial charge on any atom is 0.225 e. The van der Waals surface area contributed by atoms with Crippen LogP contribution >= 0.6 is 0 Å². The minimum absolute atomic E-state index is 0.832. The maximum absolute atomic E-state index is 4.58. The zero-order chi connectivity index (χ0) is 12.3. The van der Waals surface area contributed by atoms with E-state index in [-0.39, 0.29) is 0 Å². The molecule has 1 aliphatic rings. The molecule has 1 aromatic heterocycles. The standard InChI is InChI=1S/C13H22N4/c1-10-12(7-14-2)8-15-13(16-10)17(3)9-11-5-4-6-11/h8,11,14H,4-7,9H2,1-3H3. The van der Waals surface area contributed by atoms with E-state index >= 15 is 0 Å². The van der Waals surface area contributed by atoms with Crippen LogP contribution in [0.5, 0.6) is 0 Å². The van der Waals surface area contributed by atoms with E-state index in [0.29, 0.717) is 0 Å². The summed E-state index contributed by atoms with van der Waals surface area (Å²) in [5.41, 5.74) is 2.25. The van der Waals surface area contributed by atoms with Crippen molar-refractivity contribution in [3.63, 3.8) is 0 Å². The third-order valence-electron chi connectivity index (χ3n) is 3.53. The summed E-state index contributed by atoms with van der Waals surface area (Å²) < 4.78 is 0. The van der Waals surface area contributed by atoms with Crippen LogP contribution in [0.2, 0.25) is 0 Å². The van der Waals surface area contributed by atoms with Gasteiger partial charge >= 0.3 is 0 Å². The van der Waals surface area contributed by atoms with Gasteiger partial charge in [0.25, 0.3) is 0 Å². The molecule has 4 heteroatoms. The van der Waals surface area contributed by atoms with E-state index in [2.05, 4.69) is 34.2 Å². The van der Waals surface area contributed by atoms with Crippen LogP contribution in [-0.2, 0) is 6.54 Å². The quantitative estimate of drug-likeness (QED) is 0.842. The Morgan fingerprint density at radius 3 is 2.76 bits per heavy atom. The van der Waals surface area contributed by atoms with Gasteiger partial charge in [0.05, 0.1) is 0 Å². The van der Waals surface area contributed by atoms with Gasteiger partial charge in [-0.2, -0.15) is 0 Å². The highest BCUT2D eigenvalue weighted by atomic mass is 15.2. The molecule has 0 amide bonds. The Labute approximate surface area is 103 Å². The minimum Gasteiger partial charge on any atom is -0.344 e. The van der Waals surface area contributed by atoms with Gasteiger partial charge in [0, 0.05) is 37.6 Å². The number of rotatable bonds is 5. The van der Waals surface area contributed by atoms with Crippen molar-refractivity contribution in [2.75, 3.05) is 25.5 Å². The highest BCUT2D eigenvalue weighted by molar-refractivity contribution is 5.32. The van der Waals surface area contributed by atoms with Gasteiger partial charge in [-0.25, -0.2) is 9.97 Å². The van der Waals surface area contributed by atoms with Crippen molar-refractivity contribution < 1.29 is 0 Å². The summed E-state index contributed by atoms with van der Waals surface area (Å²) in [6.45, 7) is 3.97. The number of hydrogen-bond acceptors (Lipinski definition) is 4.